The van der Waals surface area contributed by atoms with Crippen LogP contribution in [0.1, 0.15) is 37.5 Å². The molecule has 10 heteroatoms. The van der Waals surface area contributed by atoms with E-state index in [0.29, 0.717) is 16.8 Å². The molecule has 2 N–H and O–H groups in total. The third kappa shape index (κ3) is 4.54. The first-order valence-corrected chi connectivity index (χ1v) is 9.68. The molecule has 2 amide bonds. The standard InChI is InChI=1S/C20H16F3IN4O2/c1-11-3-4-13(7-17(11)24)18(29)28(25)19(30)14-5-15(20(21,22)23)8-16(6-14)27-9-12(2)26-10-27/h3-10H,25H2,1-2H3. The van der Waals surface area contributed by atoms with Crippen molar-refractivity contribution in [2.75, 3.05) is 0 Å². The zero-order valence-electron chi connectivity index (χ0n) is 15.9. The SMILES string of the molecule is Cc1cn(-c2cc(C(=O)N(N)C(=O)c3ccc(C)c(I)c3)cc(C(F)(F)F)c2)cn1. The van der Waals surface area contributed by atoms with E-state index in [4.69, 9.17) is 5.84 Å². The molecule has 0 fully saturated rings. The van der Waals surface area contributed by atoms with Gasteiger partial charge in [0, 0.05) is 26.6 Å². The van der Waals surface area contributed by atoms with Gasteiger partial charge in [0.25, 0.3) is 11.8 Å². The fourth-order valence-corrected chi connectivity index (χ4v) is 3.22. The molecule has 0 radical (unpaired) electrons. The van der Waals surface area contributed by atoms with Crippen molar-refractivity contribution < 1.29 is 22.8 Å². The van der Waals surface area contributed by atoms with E-state index in [-0.39, 0.29) is 16.8 Å². The lowest BCUT2D eigenvalue weighted by molar-refractivity contribution is -0.137. The molecule has 3 rings (SSSR count). The van der Waals surface area contributed by atoms with Crippen molar-refractivity contribution >= 4 is 34.4 Å². The van der Waals surface area contributed by atoms with Crippen LogP contribution in [0.2, 0.25) is 0 Å². The minimum absolute atomic E-state index is 0.0690. The number of rotatable bonds is 3. The molecular formula is C20H16F3IN4O2. The highest BCUT2D eigenvalue weighted by Crippen LogP contribution is 2.32. The second kappa shape index (κ2) is 8.19. The topological polar surface area (TPSA) is 81.2 Å². The average molecular weight is 528 g/mol. The summed E-state index contributed by atoms with van der Waals surface area (Å²) in [7, 11) is 0. The number of aromatic nitrogens is 2. The van der Waals surface area contributed by atoms with Crippen LogP contribution in [0.25, 0.3) is 5.69 Å². The van der Waals surface area contributed by atoms with Crippen LogP contribution >= 0.6 is 22.6 Å². The van der Waals surface area contributed by atoms with Crippen LogP contribution in [0.3, 0.4) is 0 Å². The quantitative estimate of drug-likeness (QED) is 0.181. The Kier molecular flexibility index (Phi) is 5.99. The van der Waals surface area contributed by atoms with Gasteiger partial charge in [0.15, 0.2) is 0 Å². The number of hydrazine groups is 1. The van der Waals surface area contributed by atoms with E-state index < -0.39 is 23.6 Å². The summed E-state index contributed by atoms with van der Waals surface area (Å²) >= 11 is 2.03. The normalized spacial score (nSPS) is 11.4. The van der Waals surface area contributed by atoms with E-state index in [1.807, 2.05) is 29.5 Å². The van der Waals surface area contributed by atoms with Crippen LogP contribution in [0, 0.1) is 17.4 Å². The lowest BCUT2D eigenvalue weighted by atomic mass is 10.1. The van der Waals surface area contributed by atoms with Gasteiger partial charge < -0.3 is 4.57 Å². The van der Waals surface area contributed by atoms with Crippen LogP contribution in [0.15, 0.2) is 48.9 Å². The molecule has 1 heterocycles. The van der Waals surface area contributed by atoms with Gasteiger partial charge in [0.1, 0.15) is 0 Å². The van der Waals surface area contributed by atoms with Gasteiger partial charge in [-0.05, 0) is 72.3 Å². The molecule has 0 unspecified atom stereocenters. The number of carbonyl (C=O) groups is 2. The van der Waals surface area contributed by atoms with Gasteiger partial charge in [-0.2, -0.15) is 13.2 Å². The van der Waals surface area contributed by atoms with E-state index >= 15 is 0 Å². The number of nitrogens with zero attached hydrogens (tertiary/aromatic N) is 3. The predicted molar refractivity (Wildman–Crippen MR) is 112 cm³/mol. The summed E-state index contributed by atoms with van der Waals surface area (Å²) in [5.74, 6) is 3.82. The zero-order chi connectivity index (χ0) is 22.2. The molecule has 156 valence electrons. The van der Waals surface area contributed by atoms with Crippen LogP contribution in [0.4, 0.5) is 13.2 Å². The summed E-state index contributed by atoms with van der Waals surface area (Å²) in [6.07, 6.45) is -1.85. The van der Waals surface area contributed by atoms with Crippen molar-refractivity contribution in [1.29, 1.82) is 0 Å². The Morgan fingerprint density at radius 1 is 1.07 bits per heavy atom. The number of hydrogen-bond acceptors (Lipinski definition) is 4. The van der Waals surface area contributed by atoms with Gasteiger partial charge in [-0.25, -0.2) is 15.8 Å². The largest absolute Gasteiger partial charge is 0.416 e. The Labute approximate surface area is 183 Å². The third-order valence-corrected chi connectivity index (χ3v) is 5.52. The number of alkyl halides is 3. The molecule has 30 heavy (non-hydrogen) atoms. The van der Waals surface area contributed by atoms with Gasteiger partial charge in [-0.3, -0.25) is 9.59 Å². The Bertz CT molecular complexity index is 1140. The summed E-state index contributed by atoms with van der Waals surface area (Å²) in [5.41, 5.74) is 0.326. The van der Waals surface area contributed by atoms with Crippen molar-refractivity contribution in [3.63, 3.8) is 0 Å². The molecule has 0 aliphatic rings. The number of hydrogen-bond donors (Lipinski definition) is 1. The second-order valence-electron chi connectivity index (χ2n) is 6.63. The molecular weight excluding hydrogens is 512 g/mol. The number of halogens is 4. The number of benzene rings is 2. The monoisotopic (exact) mass is 528 g/mol. The maximum absolute atomic E-state index is 13.4. The van der Waals surface area contributed by atoms with E-state index in [0.717, 1.165) is 15.2 Å². The lowest BCUT2D eigenvalue weighted by Gasteiger charge is -2.17. The van der Waals surface area contributed by atoms with Crippen LogP contribution in [0.5, 0.6) is 0 Å². The molecule has 0 saturated carbocycles. The fraction of sp³-hybridized carbons (Fsp3) is 0.150. The molecule has 0 bridgehead atoms. The minimum atomic E-state index is -4.70. The molecule has 0 aliphatic carbocycles. The first-order chi connectivity index (χ1) is 14.0. The summed E-state index contributed by atoms with van der Waals surface area (Å²) in [6.45, 7) is 3.53. The van der Waals surface area contributed by atoms with Gasteiger partial charge in [-0.15, -0.1) is 0 Å². The predicted octanol–water partition coefficient (Wildman–Crippen LogP) is 4.27. The number of nitrogens with two attached hydrogens (primary N) is 1. The number of carbonyl (C=O) groups excluding carboxylic acids is 2. The van der Waals surface area contributed by atoms with Gasteiger partial charge >= 0.3 is 6.18 Å². The van der Waals surface area contributed by atoms with Gasteiger partial charge in [0.05, 0.1) is 17.6 Å². The Morgan fingerprint density at radius 2 is 1.73 bits per heavy atom. The molecule has 0 saturated heterocycles. The fourth-order valence-electron chi connectivity index (χ4n) is 2.71. The molecule has 0 spiro atoms. The highest BCUT2D eigenvalue weighted by molar-refractivity contribution is 14.1. The van der Waals surface area contributed by atoms with Crippen molar-refractivity contribution in [3.05, 3.63) is 80.4 Å². The third-order valence-electron chi connectivity index (χ3n) is 4.36. The lowest BCUT2D eigenvalue weighted by Crippen LogP contribution is -2.42. The first kappa shape index (κ1) is 22.0. The summed E-state index contributed by atoms with van der Waals surface area (Å²) < 4.78 is 42.3. The number of imide groups is 1. The number of aryl methyl sites for hydroxylation is 2. The molecule has 2 aromatic carbocycles. The van der Waals surface area contributed by atoms with E-state index in [1.165, 1.54) is 29.2 Å². The van der Waals surface area contributed by atoms with Crippen molar-refractivity contribution in [2.45, 2.75) is 20.0 Å². The Morgan fingerprint density at radius 3 is 2.30 bits per heavy atom. The minimum Gasteiger partial charge on any atom is -0.306 e. The van der Waals surface area contributed by atoms with Crippen LogP contribution in [-0.2, 0) is 6.18 Å². The highest BCUT2D eigenvalue weighted by atomic mass is 127. The summed E-state index contributed by atoms with van der Waals surface area (Å²) in [6, 6.07) is 7.53. The second-order valence-corrected chi connectivity index (χ2v) is 7.80. The molecule has 1 aromatic heterocycles. The van der Waals surface area contributed by atoms with E-state index in [1.54, 1.807) is 19.1 Å². The maximum Gasteiger partial charge on any atom is 0.416 e. The molecule has 0 atom stereocenters. The first-order valence-electron chi connectivity index (χ1n) is 8.60. The molecule has 0 aliphatic heterocycles. The zero-order valence-corrected chi connectivity index (χ0v) is 18.0. The highest BCUT2D eigenvalue weighted by Gasteiger charge is 2.33. The van der Waals surface area contributed by atoms with Gasteiger partial charge in [0.2, 0.25) is 0 Å². The van der Waals surface area contributed by atoms with E-state index in [9.17, 15) is 22.8 Å². The number of amides is 2. The number of imidazole rings is 1. The summed E-state index contributed by atoms with van der Waals surface area (Å²) in [5, 5.41) is 0.319. The van der Waals surface area contributed by atoms with Crippen LogP contribution < -0.4 is 5.84 Å². The molecule has 6 nitrogen and oxygen atoms in total. The van der Waals surface area contributed by atoms with E-state index in [2.05, 4.69) is 4.98 Å². The smallest absolute Gasteiger partial charge is 0.306 e. The molecule has 3 aromatic rings. The average Bonchev–Trinajstić information content (AvgIpc) is 3.13. The van der Waals surface area contributed by atoms with Crippen molar-refractivity contribution in [3.8, 4) is 5.69 Å². The van der Waals surface area contributed by atoms with Crippen molar-refractivity contribution in [2.24, 2.45) is 5.84 Å². The summed E-state index contributed by atoms with van der Waals surface area (Å²) in [4.78, 5) is 29.4. The van der Waals surface area contributed by atoms with Gasteiger partial charge in [-0.1, -0.05) is 6.07 Å². The Balaban J connectivity index is 2.01. The Hall–Kier alpha value is -2.73. The maximum atomic E-state index is 13.4. The van der Waals surface area contributed by atoms with Crippen LogP contribution in [-0.4, -0.2) is 26.4 Å². The van der Waals surface area contributed by atoms with Crippen molar-refractivity contribution in [1.82, 2.24) is 14.6 Å².